The molecule has 7 N–H and O–H groups in total. The molecule has 1 aromatic carbocycles. The van der Waals surface area contributed by atoms with Gasteiger partial charge in [-0.2, -0.15) is 0 Å². The van der Waals surface area contributed by atoms with E-state index in [0.29, 0.717) is 34.9 Å². The number of hydrogen-bond donors (Lipinski definition) is 6. The normalized spacial score (nSPS) is 28.5. The largest absolute Gasteiger partial charge is 0.507 e. The maximum absolute atomic E-state index is 14.2. The summed E-state index contributed by atoms with van der Waals surface area (Å²) in [6, 6.07) is 4.32. The number of ketones is 2. The van der Waals surface area contributed by atoms with E-state index in [9.17, 15) is 34.8 Å². The van der Waals surface area contributed by atoms with Gasteiger partial charge in [0.1, 0.15) is 28.9 Å². The van der Waals surface area contributed by atoms with Crippen molar-refractivity contribution in [3.05, 3.63) is 40.7 Å². The van der Waals surface area contributed by atoms with Crippen LogP contribution in [0.1, 0.15) is 44.1 Å². The highest BCUT2D eigenvalue weighted by Crippen LogP contribution is 2.54. The third-order valence-electron chi connectivity index (χ3n) is 9.27. The van der Waals surface area contributed by atoms with E-state index in [4.69, 9.17) is 10.2 Å². The van der Waals surface area contributed by atoms with Crippen molar-refractivity contribution in [2.45, 2.75) is 63.4 Å². The fourth-order valence-electron chi connectivity index (χ4n) is 7.21. The van der Waals surface area contributed by atoms with E-state index in [1.165, 1.54) is 0 Å². The number of rotatable bonds is 6. The van der Waals surface area contributed by atoms with Crippen LogP contribution < -0.4 is 16.0 Å². The Kier molecular flexibility index (Phi) is 7.73. The van der Waals surface area contributed by atoms with E-state index < -0.39 is 58.7 Å². The molecule has 44 heavy (non-hydrogen) atoms. The first kappa shape index (κ1) is 31.7. The lowest BCUT2D eigenvalue weighted by Crippen LogP contribution is -2.73. The number of anilines is 1. The van der Waals surface area contributed by atoms with Gasteiger partial charge in [0.05, 0.1) is 23.8 Å². The summed E-state index contributed by atoms with van der Waals surface area (Å²) in [6.45, 7) is 6.54. The highest BCUT2D eigenvalue weighted by atomic mass is 16.3. The summed E-state index contributed by atoms with van der Waals surface area (Å²) in [4.78, 5) is 43.4. The first-order valence-electron chi connectivity index (χ1n) is 14.7. The molecule has 1 amide bonds. The van der Waals surface area contributed by atoms with Gasteiger partial charge in [0.15, 0.2) is 11.4 Å². The van der Waals surface area contributed by atoms with Crippen LogP contribution in [0.3, 0.4) is 0 Å². The number of Topliss-reactive ketones (excluding diaryl/α,β-unsaturated/α-hetero) is 2. The maximum Gasteiger partial charge on any atom is 0.230 e. The number of nitrogens with zero attached hydrogens (tertiary/aromatic N) is 2. The van der Waals surface area contributed by atoms with Crippen LogP contribution >= 0.6 is 0 Å². The molecular weight excluding hydrogens is 568 g/mol. The first-order chi connectivity index (χ1) is 20.4. The zero-order valence-corrected chi connectivity index (χ0v) is 26.1. The van der Waals surface area contributed by atoms with Gasteiger partial charge >= 0.3 is 0 Å². The Bertz CT molecular complexity index is 1570. The van der Waals surface area contributed by atoms with Crippen molar-refractivity contribution >= 4 is 28.9 Å². The van der Waals surface area contributed by atoms with E-state index in [-0.39, 0.29) is 35.3 Å². The number of benzene rings is 1. The van der Waals surface area contributed by atoms with E-state index in [0.717, 1.165) is 0 Å². The highest BCUT2D eigenvalue weighted by molar-refractivity contribution is 6.25. The third kappa shape index (κ3) is 4.80. The Labute approximate surface area is 256 Å². The predicted octanol–water partition coefficient (Wildman–Crippen LogP) is 1.34. The molecule has 12 heteroatoms. The molecule has 2 fully saturated rings. The lowest BCUT2D eigenvalue weighted by Gasteiger charge is -2.53. The zero-order valence-electron chi connectivity index (χ0n) is 26.1. The topological polar surface area (TPSA) is 190 Å². The first-order valence-corrected chi connectivity index (χ1v) is 14.7. The van der Waals surface area contributed by atoms with Crippen LogP contribution in [0.5, 0.6) is 5.75 Å². The summed E-state index contributed by atoms with van der Waals surface area (Å²) in [5.74, 6) is -6.81. The van der Waals surface area contributed by atoms with E-state index in [1.54, 1.807) is 37.2 Å². The number of aliphatic hydroxyl groups excluding tert-OH is 2. The summed E-state index contributed by atoms with van der Waals surface area (Å²) >= 11 is 0. The summed E-state index contributed by atoms with van der Waals surface area (Å²) in [6.07, 6.45) is -1.28. The van der Waals surface area contributed by atoms with E-state index in [2.05, 4.69) is 5.32 Å². The second-order valence-electron chi connectivity index (χ2n) is 13.7. The number of phenolic OH excluding ortho intramolecular Hbond substituents is 1. The molecule has 0 saturated heterocycles. The fourth-order valence-corrected chi connectivity index (χ4v) is 7.21. The monoisotopic (exact) mass is 610 g/mol. The number of likely N-dealkylation sites (N-methyl/N-ethyl adjacent to an activating group) is 1. The van der Waals surface area contributed by atoms with Gasteiger partial charge in [0.25, 0.3) is 0 Å². The van der Waals surface area contributed by atoms with Gasteiger partial charge in [0, 0.05) is 42.9 Å². The number of nitrogens with one attached hydrogen (secondary N) is 1. The molecule has 5 rings (SSSR count). The Morgan fingerprint density at radius 1 is 1.16 bits per heavy atom. The van der Waals surface area contributed by atoms with Crippen molar-refractivity contribution in [2.24, 2.45) is 23.5 Å². The van der Waals surface area contributed by atoms with Gasteiger partial charge in [-0.05, 0) is 77.4 Å². The fraction of sp³-hybridized carbons (Fsp3) is 0.531. The molecule has 0 radical (unpaired) electrons. The SMILES string of the molecule is CN(C)c1cc(-c2ccc(CNC(C)(C)C)o2)c(O)c2c1C[C@@H]1C[C@@H]3C(N(C)C)C(O)C(C(N)=O)C(=O)[C@]3(O)C(=O)C1=C2O. The second-order valence-corrected chi connectivity index (χ2v) is 13.7. The molecule has 2 aromatic rings. The zero-order chi connectivity index (χ0) is 32.6. The average molecular weight is 611 g/mol. The number of fused-ring (bicyclic) bond motifs is 3. The van der Waals surface area contributed by atoms with Gasteiger partial charge in [-0.3, -0.25) is 14.4 Å². The molecule has 0 bridgehead atoms. The number of carbonyl (C=O) groups is 3. The molecule has 1 heterocycles. The van der Waals surface area contributed by atoms with Crippen molar-refractivity contribution in [2.75, 3.05) is 33.1 Å². The van der Waals surface area contributed by atoms with E-state index in [1.807, 2.05) is 39.8 Å². The minimum absolute atomic E-state index is 0.0116. The molecule has 3 unspecified atom stereocenters. The molecule has 12 nitrogen and oxygen atoms in total. The Balaban J connectivity index is 1.66. The third-order valence-corrected chi connectivity index (χ3v) is 9.27. The van der Waals surface area contributed by atoms with Crippen LogP contribution in [0.15, 0.2) is 28.2 Å². The quantitative estimate of drug-likeness (QED) is 0.259. The molecule has 1 aromatic heterocycles. The van der Waals surface area contributed by atoms with Crippen molar-refractivity contribution in [3.8, 4) is 17.1 Å². The lowest BCUT2D eigenvalue weighted by molar-refractivity contribution is -0.184. The average Bonchev–Trinajstić information content (AvgIpc) is 3.37. The summed E-state index contributed by atoms with van der Waals surface area (Å²) < 4.78 is 6.05. The van der Waals surface area contributed by atoms with E-state index >= 15 is 0 Å². The number of hydrogen-bond acceptors (Lipinski definition) is 11. The van der Waals surface area contributed by atoms with Crippen LogP contribution in [-0.4, -0.2) is 94.3 Å². The summed E-state index contributed by atoms with van der Waals surface area (Å²) in [7, 11) is 6.88. The maximum atomic E-state index is 14.2. The smallest absolute Gasteiger partial charge is 0.230 e. The molecule has 0 spiro atoms. The number of nitrogens with two attached hydrogens (primary N) is 1. The number of aromatic hydroxyl groups is 1. The number of amides is 1. The van der Waals surface area contributed by atoms with Gasteiger partial charge in [-0.1, -0.05) is 0 Å². The molecule has 238 valence electrons. The lowest BCUT2D eigenvalue weighted by atomic mass is 9.54. The molecule has 0 aliphatic heterocycles. The van der Waals surface area contributed by atoms with Crippen LogP contribution in [0, 0.1) is 17.8 Å². The Morgan fingerprint density at radius 3 is 2.39 bits per heavy atom. The van der Waals surface area contributed by atoms with Crippen LogP contribution in [0.2, 0.25) is 0 Å². The van der Waals surface area contributed by atoms with Gasteiger partial charge < -0.3 is 45.7 Å². The van der Waals surface area contributed by atoms with Crippen LogP contribution in [0.4, 0.5) is 5.69 Å². The minimum atomic E-state index is -2.71. The standard InChI is InChI=1S/C32H42N4O8/c1-31(2,3)34-13-15-8-9-20(44-15)17-12-19(35(4)5)16-10-14-11-18-24(36(6)7)27(39)23(30(33)42)29(41)32(18,43)28(40)21(14)26(38)22(16)25(17)37/h8-9,12,14,18,23-24,27,34,37-39,43H,10-11,13H2,1-7H3,(H2,33,42)/t14-,18-,23?,24?,27?,32-/m1/s1. The van der Waals surface area contributed by atoms with Gasteiger partial charge in [-0.25, -0.2) is 0 Å². The molecule has 3 aliphatic carbocycles. The van der Waals surface area contributed by atoms with Crippen LogP contribution in [-0.2, 0) is 27.3 Å². The Hall–Kier alpha value is -3.71. The molecular formula is C32H42N4O8. The Morgan fingerprint density at radius 2 is 1.82 bits per heavy atom. The molecule has 3 aliphatic rings. The predicted molar refractivity (Wildman–Crippen MR) is 163 cm³/mol. The molecule has 6 atom stereocenters. The number of phenols is 1. The summed E-state index contributed by atoms with van der Waals surface area (Å²) in [5, 5.41) is 49.6. The van der Waals surface area contributed by atoms with Crippen molar-refractivity contribution < 1.29 is 39.2 Å². The summed E-state index contributed by atoms with van der Waals surface area (Å²) in [5.41, 5.74) is 3.97. The second kappa shape index (κ2) is 10.7. The van der Waals surface area contributed by atoms with Gasteiger partial charge in [-0.15, -0.1) is 0 Å². The van der Waals surface area contributed by atoms with Gasteiger partial charge in [0.2, 0.25) is 11.7 Å². The minimum Gasteiger partial charge on any atom is -0.507 e. The number of furan rings is 1. The van der Waals surface area contributed by atoms with Crippen molar-refractivity contribution in [1.82, 2.24) is 10.2 Å². The highest BCUT2D eigenvalue weighted by Gasteiger charge is 2.67. The number of aliphatic hydroxyl groups is 3. The number of carbonyl (C=O) groups excluding carboxylic acids is 3. The molecule has 2 saturated carbocycles. The van der Waals surface area contributed by atoms with Crippen LogP contribution in [0.25, 0.3) is 17.1 Å². The van der Waals surface area contributed by atoms with Crippen molar-refractivity contribution in [3.63, 3.8) is 0 Å². The van der Waals surface area contributed by atoms with Crippen molar-refractivity contribution in [1.29, 1.82) is 0 Å². The number of primary amides is 1.